The van der Waals surface area contributed by atoms with Crippen LogP contribution in [0.25, 0.3) is 11.3 Å². The number of carboxylic acid groups (broad SMARTS) is 1. The van der Waals surface area contributed by atoms with Gasteiger partial charge in [-0.05, 0) is 45.2 Å². The Morgan fingerprint density at radius 3 is 2.71 bits per heavy atom. The maximum atomic E-state index is 12.3. The number of amides is 2. The first-order valence-corrected chi connectivity index (χ1v) is 9.88. The smallest absolute Gasteiger partial charge is 0.290 e. The van der Waals surface area contributed by atoms with Crippen molar-refractivity contribution in [1.29, 1.82) is 0 Å². The molecule has 0 bridgehead atoms. The normalized spacial score (nSPS) is 13.5. The second-order valence-corrected chi connectivity index (χ2v) is 7.87. The van der Waals surface area contributed by atoms with Crippen LogP contribution in [0, 0.1) is 20.8 Å². The van der Waals surface area contributed by atoms with Gasteiger partial charge in [0, 0.05) is 23.4 Å². The van der Waals surface area contributed by atoms with Crippen molar-refractivity contribution in [2.45, 2.75) is 40.0 Å². The van der Waals surface area contributed by atoms with Crippen LogP contribution in [-0.4, -0.2) is 46.4 Å². The number of hydrogen-bond acceptors (Lipinski definition) is 5. The summed E-state index contributed by atoms with van der Waals surface area (Å²) < 4.78 is 0. The van der Waals surface area contributed by atoms with Gasteiger partial charge in [-0.2, -0.15) is 0 Å². The number of carbonyl (C=O) groups excluding carboxylic acids is 2. The fourth-order valence-corrected chi connectivity index (χ4v) is 3.90. The van der Waals surface area contributed by atoms with Crippen LogP contribution in [0.15, 0.2) is 18.2 Å². The average Bonchev–Trinajstić information content (AvgIpc) is 2.99. The lowest BCUT2D eigenvalue weighted by Crippen LogP contribution is -2.40. The summed E-state index contributed by atoms with van der Waals surface area (Å²) in [5.41, 5.74) is 4.36. The van der Waals surface area contributed by atoms with Gasteiger partial charge in [0.05, 0.1) is 12.2 Å². The lowest BCUT2D eigenvalue weighted by molar-refractivity contribution is -0.136. The first kappa shape index (κ1) is 21.6. The van der Waals surface area contributed by atoms with Crippen molar-refractivity contribution in [1.82, 2.24) is 9.88 Å². The SMILES string of the molecule is Cc1ccc(C)c(-c2nc(NC(=O)CN3CCCCC3=O)sc2C)c1.O=CO. The van der Waals surface area contributed by atoms with Crippen LogP contribution in [0.3, 0.4) is 0 Å². The molecule has 8 heteroatoms. The predicted octanol–water partition coefficient (Wildman–Crippen LogP) is 3.39. The summed E-state index contributed by atoms with van der Waals surface area (Å²) in [5, 5.41) is 10.3. The van der Waals surface area contributed by atoms with Gasteiger partial charge in [0.25, 0.3) is 6.47 Å². The van der Waals surface area contributed by atoms with Gasteiger partial charge in [0.1, 0.15) is 0 Å². The Morgan fingerprint density at radius 1 is 1.32 bits per heavy atom. The number of rotatable bonds is 4. The average molecular weight is 404 g/mol. The fourth-order valence-electron chi connectivity index (χ4n) is 3.05. The maximum Gasteiger partial charge on any atom is 0.290 e. The first-order valence-electron chi connectivity index (χ1n) is 9.06. The van der Waals surface area contributed by atoms with Crippen LogP contribution < -0.4 is 5.32 Å². The van der Waals surface area contributed by atoms with E-state index in [0.29, 0.717) is 18.1 Å². The van der Waals surface area contributed by atoms with Crippen LogP contribution in [0.1, 0.15) is 35.3 Å². The Balaban J connectivity index is 0.000000878. The van der Waals surface area contributed by atoms with Gasteiger partial charge in [-0.25, -0.2) is 4.98 Å². The summed E-state index contributed by atoms with van der Waals surface area (Å²) in [7, 11) is 0. The van der Waals surface area contributed by atoms with E-state index in [1.165, 1.54) is 16.9 Å². The molecule has 2 aromatic rings. The quantitative estimate of drug-likeness (QED) is 0.763. The van der Waals surface area contributed by atoms with Gasteiger partial charge >= 0.3 is 0 Å². The molecule has 2 heterocycles. The minimum Gasteiger partial charge on any atom is -0.483 e. The highest BCUT2D eigenvalue weighted by atomic mass is 32.1. The second-order valence-electron chi connectivity index (χ2n) is 6.67. The summed E-state index contributed by atoms with van der Waals surface area (Å²) in [6.45, 7) is 6.66. The predicted molar refractivity (Wildman–Crippen MR) is 110 cm³/mol. The number of aryl methyl sites for hydroxylation is 3. The molecule has 1 aliphatic rings. The molecule has 0 spiro atoms. The van der Waals surface area contributed by atoms with Crippen LogP contribution in [0.5, 0.6) is 0 Å². The number of aromatic nitrogens is 1. The molecule has 0 aliphatic carbocycles. The Labute approximate surface area is 168 Å². The number of benzene rings is 1. The Morgan fingerprint density at radius 2 is 2.04 bits per heavy atom. The summed E-state index contributed by atoms with van der Waals surface area (Å²) in [6, 6.07) is 6.29. The number of thiazole rings is 1. The highest BCUT2D eigenvalue weighted by Crippen LogP contribution is 2.32. The molecule has 1 aromatic heterocycles. The zero-order valence-electron chi connectivity index (χ0n) is 16.3. The molecular weight excluding hydrogens is 378 g/mol. The molecular formula is C20H25N3O4S. The van der Waals surface area contributed by atoms with E-state index >= 15 is 0 Å². The minimum absolute atomic E-state index is 0.0628. The lowest BCUT2D eigenvalue weighted by atomic mass is 10.0. The highest BCUT2D eigenvalue weighted by molar-refractivity contribution is 7.16. The van der Waals surface area contributed by atoms with Crippen molar-refractivity contribution in [3.63, 3.8) is 0 Å². The Hall–Kier alpha value is -2.74. The second kappa shape index (κ2) is 9.98. The van der Waals surface area contributed by atoms with E-state index in [2.05, 4.69) is 42.3 Å². The van der Waals surface area contributed by atoms with E-state index in [1.807, 2.05) is 6.92 Å². The van der Waals surface area contributed by atoms with Crippen molar-refractivity contribution in [2.75, 3.05) is 18.4 Å². The maximum absolute atomic E-state index is 12.3. The van der Waals surface area contributed by atoms with Crippen molar-refractivity contribution in [2.24, 2.45) is 0 Å². The van der Waals surface area contributed by atoms with E-state index in [4.69, 9.17) is 9.90 Å². The largest absolute Gasteiger partial charge is 0.483 e. The van der Waals surface area contributed by atoms with Gasteiger partial charge in [-0.1, -0.05) is 17.7 Å². The van der Waals surface area contributed by atoms with E-state index < -0.39 is 0 Å². The van der Waals surface area contributed by atoms with Gasteiger partial charge in [-0.15, -0.1) is 11.3 Å². The van der Waals surface area contributed by atoms with Gasteiger partial charge in [0.2, 0.25) is 11.8 Å². The topological polar surface area (TPSA) is 99.6 Å². The summed E-state index contributed by atoms with van der Waals surface area (Å²) >= 11 is 1.47. The van der Waals surface area contributed by atoms with E-state index in [1.54, 1.807) is 4.90 Å². The molecule has 3 rings (SSSR count). The molecule has 150 valence electrons. The molecule has 0 atom stereocenters. The zero-order valence-corrected chi connectivity index (χ0v) is 17.1. The first-order chi connectivity index (χ1) is 13.3. The van der Waals surface area contributed by atoms with Crippen molar-refractivity contribution in [3.8, 4) is 11.3 Å². The van der Waals surface area contributed by atoms with Crippen LogP contribution in [-0.2, 0) is 14.4 Å². The molecule has 0 saturated carbocycles. The van der Waals surface area contributed by atoms with Gasteiger partial charge < -0.3 is 15.3 Å². The Kier molecular flexibility index (Phi) is 7.69. The molecule has 1 fully saturated rings. The van der Waals surface area contributed by atoms with Gasteiger partial charge in [0.15, 0.2) is 5.13 Å². The number of likely N-dealkylation sites (tertiary alicyclic amines) is 1. The molecule has 2 amide bonds. The number of nitrogens with one attached hydrogen (secondary N) is 1. The molecule has 1 aliphatic heterocycles. The molecule has 1 saturated heterocycles. The monoisotopic (exact) mass is 403 g/mol. The molecule has 1 aromatic carbocycles. The summed E-state index contributed by atoms with van der Waals surface area (Å²) in [5.74, 6) is -0.121. The van der Waals surface area contributed by atoms with Crippen LogP contribution in [0.4, 0.5) is 5.13 Å². The van der Waals surface area contributed by atoms with Crippen molar-refractivity contribution >= 4 is 34.8 Å². The number of piperidine rings is 1. The van der Waals surface area contributed by atoms with Crippen molar-refractivity contribution in [3.05, 3.63) is 34.2 Å². The number of nitrogens with zero attached hydrogens (tertiary/aromatic N) is 2. The van der Waals surface area contributed by atoms with Gasteiger partial charge in [-0.3, -0.25) is 14.4 Å². The number of anilines is 1. The molecule has 28 heavy (non-hydrogen) atoms. The third-order valence-corrected chi connectivity index (χ3v) is 5.33. The van der Waals surface area contributed by atoms with E-state index in [-0.39, 0.29) is 24.8 Å². The third-order valence-electron chi connectivity index (χ3n) is 4.45. The molecule has 2 N–H and O–H groups in total. The van der Waals surface area contributed by atoms with Crippen LogP contribution in [0.2, 0.25) is 0 Å². The molecule has 0 unspecified atom stereocenters. The fraction of sp³-hybridized carbons (Fsp3) is 0.400. The van der Waals surface area contributed by atoms with E-state index in [0.717, 1.165) is 34.5 Å². The summed E-state index contributed by atoms with van der Waals surface area (Å²) in [6.07, 6.45) is 2.43. The number of carbonyl (C=O) groups is 3. The van der Waals surface area contributed by atoms with Crippen molar-refractivity contribution < 1.29 is 19.5 Å². The lowest BCUT2D eigenvalue weighted by Gasteiger charge is -2.25. The molecule has 0 radical (unpaired) electrons. The zero-order chi connectivity index (χ0) is 20.7. The Bertz CT molecular complexity index is 863. The summed E-state index contributed by atoms with van der Waals surface area (Å²) in [4.78, 5) is 39.8. The van der Waals surface area contributed by atoms with E-state index in [9.17, 15) is 9.59 Å². The third kappa shape index (κ3) is 5.63. The van der Waals surface area contributed by atoms with Crippen LogP contribution >= 0.6 is 11.3 Å². The minimum atomic E-state index is -0.250. The number of hydrogen-bond donors (Lipinski definition) is 2. The molecule has 7 nitrogen and oxygen atoms in total. The highest BCUT2D eigenvalue weighted by Gasteiger charge is 2.21. The standard InChI is InChI=1S/C19H23N3O2S.CH2O2/c1-12-7-8-13(2)15(10-12)18-14(3)25-19(21-18)20-16(23)11-22-9-5-4-6-17(22)24;2-1-3/h7-8,10H,4-6,9,11H2,1-3H3,(H,20,21,23);1H,(H,2,3).